The number of piperidine rings is 1. The van der Waals surface area contributed by atoms with Crippen molar-refractivity contribution in [2.45, 2.75) is 38.1 Å². The smallest absolute Gasteiger partial charge is 0.215 e. The lowest BCUT2D eigenvalue weighted by Gasteiger charge is -2.32. The number of hydrogen-bond donors (Lipinski definition) is 0. The molecule has 1 aromatic carbocycles. The average molecular weight is 295 g/mol. The van der Waals surface area contributed by atoms with E-state index in [1.54, 1.807) is 0 Å². The van der Waals surface area contributed by atoms with E-state index in [9.17, 15) is 13.2 Å². The molecule has 0 amide bonds. The van der Waals surface area contributed by atoms with E-state index >= 15 is 0 Å². The quantitative estimate of drug-likeness (QED) is 0.782. The highest BCUT2D eigenvalue weighted by Crippen LogP contribution is 2.24. The van der Waals surface area contributed by atoms with Gasteiger partial charge in [0.1, 0.15) is 6.29 Å². The summed E-state index contributed by atoms with van der Waals surface area (Å²) in [5, 5.41) is 0. The van der Waals surface area contributed by atoms with Gasteiger partial charge in [0.05, 0.1) is 11.8 Å². The van der Waals surface area contributed by atoms with Crippen LogP contribution in [-0.2, 0) is 14.8 Å². The monoisotopic (exact) mass is 295 g/mol. The highest BCUT2D eigenvalue weighted by molar-refractivity contribution is 7.89. The van der Waals surface area contributed by atoms with Crippen molar-refractivity contribution in [1.82, 2.24) is 4.31 Å². The van der Waals surface area contributed by atoms with E-state index in [1.165, 1.54) is 4.31 Å². The lowest BCUT2D eigenvalue weighted by atomic mass is 10.0. The van der Waals surface area contributed by atoms with Crippen LogP contribution in [0.15, 0.2) is 30.3 Å². The molecular weight excluding hydrogens is 274 g/mol. The SMILES string of the molecule is CC(CS(=O)(=O)N1CCCCC1C=O)c1ccccc1. The van der Waals surface area contributed by atoms with Crippen molar-refractivity contribution in [2.24, 2.45) is 0 Å². The second-order valence-corrected chi connectivity index (χ2v) is 7.37. The minimum absolute atomic E-state index is 0.0569. The van der Waals surface area contributed by atoms with Crippen LogP contribution in [0.25, 0.3) is 0 Å². The topological polar surface area (TPSA) is 54.5 Å². The van der Waals surface area contributed by atoms with Crippen LogP contribution in [0.1, 0.15) is 37.7 Å². The van der Waals surface area contributed by atoms with Gasteiger partial charge in [-0.2, -0.15) is 4.31 Å². The summed E-state index contributed by atoms with van der Waals surface area (Å²) in [5.41, 5.74) is 1.01. The normalized spacial score (nSPS) is 22.4. The summed E-state index contributed by atoms with van der Waals surface area (Å²) in [4.78, 5) is 11.1. The third kappa shape index (κ3) is 3.46. The molecule has 0 spiro atoms. The van der Waals surface area contributed by atoms with Gasteiger partial charge in [0.2, 0.25) is 10.0 Å². The zero-order valence-electron chi connectivity index (χ0n) is 11.7. The molecule has 1 aliphatic heterocycles. The third-order valence-corrected chi connectivity index (χ3v) is 5.93. The van der Waals surface area contributed by atoms with Gasteiger partial charge < -0.3 is 4.79 Å². The Hall–Kier alpha value is -1.20. The average Bonchev–Trinajstić information content (AvgIpc) is 2.47. The maximum atomic E-state index is 12.5. The van der Waals surface area contributed by atoms with Gasteiger partial charge in [-0.05, 0) is 24.3 Å². The molecule has 2 unspecified atom stereocenters. The summed E-state index contributed by atoms with van der Waals surface area (Å²) in [7, 11) is -3.39. The van der Waals surface area contributed by atoms with Crippen LogP contribution in [0.5, 0.6) is 0 Å². The standard InChI is InChI=1S/C15H21NO3S/c1-13(14-7-3-2-4-8-14)12-20(18,19)16-10-6-5-9-15(16)11-17/h2-4,7-8,11,13,15H,5-6,9-10,12H2,1H3. The molecular formula is C15H21NO3S. The molecule has 1 saturated heterocycles. The number of sulfonamides is 1. The Balaban J connectivity index is 2.12. The number of aldehydes is 1. The number of carbonyl (C=O) groups excluding carboxylic acids is 1. The molecule has 0 radical (unpaired) electrons. The van der Waals surface area contributed by atoms with Crippen molar-refractivity contribution in [2.75, 3.05) is 12.3 Å². The van der Waals surface area contributed by atoms with Gasteiger partial charge in [-0.25, -0.2) is 8.42 Å². The first-order valence-electron chi connectivity index (χ1n) is 7.04. The zero-order chi connectivity index (χ0) is 14.6. The summed E-state index contributed by atoms with van der Waals surface area (Å²) in [6, 6.07) is 9.14. The molecule has 0 N–H and O–H groups in total. The minimum atomic E-state index is -3.39. The lowest BCUT2D eigenvalue weighted by molar-refractivity contribution is -0.111. The largest absolute Gasteiger partial charge is 0.302 e. The van der Waals surface area contributed by atoms with E-state index in [2.05, 4.69) is 0 Å². The van der Waals surface area contributed by atoms with Gasteiger partial charge in [0, 0.05) is 6.54 Å². The lowest BCUT2D eigenvalue weighted by Crippen LogP contribution is -2.46. The number of nitrogens with zero attached hydrogens (tertiary/aromatic N) is 1. The maximum absolute atomic E-state index is 12.5. The number of carbonyl (C=O) groups is 1. The Morgan fingerprint density at radius 3 is 2.65 bits per heavy atom. The van der Waals surface area contributed by atoms with Gasteiger partial charge in [-0.3, -0.25) is 0 Å². The Morgan fingerprint density at radius 1 is 1.30 bits per heavy atom. The molecule has 1 aromatic rings. The highest BCUT2D eigenvalue weighted by Gasteiger charge is 2.33. The van der Waals surface area contributed by atoms with E-state index in [0.717, 1.165) is 24.7 Å². The Kier molecular flexibility index (Phi) is 4.94. The van der Waals surface area contributed by atoms with Crippen molar-refractivity contribution in [3.05, 3.63) is 35.9 Å². The van der Waals surface area contributed by atoms with Crippen LogP contribution < -0.4 is 0 Å². The van der Waals surface area contributed by atoms with Gasteiger partial charge in [0.15, 0.2) is 0 Å². The van der Waals surface area contributed by atoms with Crippen molar-refractivity contribution in [3.63, 3.8) is 0 Å². The molecule has 5 heteroatoms. The van der Waals surface area contributed by atoms with Crippen LogP contribution in [0.3, 0.4) is 0 Å². The Labute approximate surface area is 120 Å². The second-order valence-electron chi connectivity index (χ2n) is 5.40. The van der Waals surface area contributed by atoms with Gasteiger partial charge in [-0.15, -0.1) is 0 Å². The van der Waals surface area contributed by atoms with Crippen LogP contribution in [-0.4, -0.2) is 37.3 Å². The summed E-state index contributed by atoms with van der Waals surface area (Å²) in [6.07, 6.45) is 3.17. The molecule has 1 fully saturated rings. The van der Waals surface area contributed by atoms with Crippen LogP contribution in [0, 0.1) is 0 Å². The van der Waals surface area contributed by atoms with Crippen molar-refractivity contribution >= 4 is 16.3 Å². The van der Waals surface area contributed by atoms with E-state index in [1.807, 2.05) is 37.3 Å². The van der Waals surface area contributed by atoms with Gasteiger partial charge >= 0.3 is 0 Å². The molecule has 0 bridgehead atoms. The molecule has 1 heterocycles. The molecule has 20 heavy (non-hydrogen) atoms. The van der Waals surface area contributed by atoms with Crippen molar-refractivity contribution in [3.8, 4) is 0 Å². The Morgan fingerprint density at radius 2 is 2.00 bits per heavy atom. The molecule has 4 nitrogen and oxygen atoms in total. The fraction of sp³-hybridized carbons (Fsp3) is 0.533. The Bertz CT molecular complexity index is 541. The molecule has 0 saturated carbocycles. The summed E-state index contributed by atoms with van der Waals surface area (Å²) >= 11 is 0. The number of rotatable bonds is 5. The molecule has 2 rings (SSSR count). The molecule has 2 atom stereocenters. The summed E-state index contributed by atoms with van der Waals surface area (Å²) in [6.45, 7) is 2.37. The zero-order valence-corrected chi connectivity index (χ0v) is 12.6. The molecule has 0 aromatic heterocycles. The summed E-state index contributed by atoms with van der Waals surface area (Å²) in [5.74, 6) is -0.0168. The first kappa shape index (κ1) is 15.2. The second kappa shape index (κ2) is 6.50. The molecule has 0 aliphatic carbocycles. The first-order valence-corrected chi connectivity index (χ1v) is 8.65. The van der Waals surface area contributed by atoms with Crippen molar-refractivity contribution < 1.29 is 13.2 Å². The number of hydrogen-bond acceptors (Lipinski definition) is 3. The predicted octanol–water partition coefficient (Wildman–Crippen LogP) is 2.17. The first-order chi connectivity index (χ1) is 9.54. The fourth-order valence-corrected chi connectivity index (χ4v) is 4.69. The van der Waals surface area contributed by atoms with E-state index in [4.69, 9.17) is 0 Å². The van der Waals surface area contributed by atoms with Crippen molar-refractivity contribution in [1.29, 1.82) is 0 Å². The highest BCUT2D eigenvalue weighted by atomic mass is 32.2. The molecule has 1 aliphatic rings. The van der Waals surface area contributed by atoms with E-state index in [-0.39, 0.29) is 11.7 Å². The van der Waals surface area contributed by atoms with Crippen LogP contribution in [0.4, 0.5) is 0 Å². The fourth-order valence-electron chi connectivity index (χ4n) is 2.70. The van der Waals surface area contributed by atoms with Gasteiger partial charge in [0.25, 0.3) is 0 Å². The minimum Gasteiger partial charge on any atom is -0.302 e. The third-order valence-electron chi connectivity index (χ3n) is 3.84. The van der Waals surface area contributed by atoms with Crippen LogP contribution in [0.2, 0.25) is 0 Å². The van der Waals surface area contributed by atoms with Crippen LogP contribution >= 0.6 is 0 Å². The summed E-state index contributed by atoms with van der Waals surface area (Å²) < 4.78 is 26.4. The molecule has 110 valence electrons. The van der Waals surface area contributed by atoms with E-state index in [0.29, 0.717) is 13.0 Å². The van der Waals surface area contributed by atoms with Gasteiger partial charge in [-0.1, -0.05) is 43.7 Å². The predicted molar refractivity (Wildman–Crippen MR) is 79.1 cm³/mol. The maximum Gasteiger partial charge on any atom is 0.215 e. The number of benzene rings is 1. The van der Waals surface area contributed by atoms with E-state index < -0.39 is 16.1 Å².